The van der Waals surface area contributed by atoms with Crippen molar-refractivity contribution < 1.29 is 19.1 Å². The molecule has 0 aromatic heterocycles. The number of hydrogen-bond donors (Lipinski definition) is 2. The van der Waals surface area contributed by atoms with Gasteiger partial charge in [0.05, 0.1) is 19.9 Å². The number of anilines is 3. The Kier molecular flexibility index (Phi) is 7.88. The second-order valence-corrected chi connectivity index (χ2v) is 6.51. The highest BCUT2D eigenvalue weighted by Gasteiger charge is 2.14. The summed E-state index contributed by atoms with van der Waals surface area (Å²) in [6, 6.07) is 10.9. The van der Waals surface area contributed by atoms with Crippen molar-refractivity contribution in [3.8, 4) is 11.5 Å². The van der Waals surface area contributed by atoms with Gasteiger partial charge >= 0.3 is 0 Å². The normalized spacial score (nSPS) is 10.2. The van der Waals surface area contributed by atoms with E-state index < -0.39 is 5.91 Å². The zero-order valence-electron chi connectivity index (χ0n) is 17.7. The molecule has 156 valence electrons. The fourth-order valence-corrected chi connectivity index (χ4v) is 3.01. The molecule has 2 N–H and O–H groups in total. The van der Waals surface area contributed by atoms with Gasteiger partial charge in [0.2, 0.25) is 11.8 Å². The van der Waals surface area contributed by atoms with E-state index in [1.807, 2.05) is 25.1 Å². The lowest BCUT2D eigenvalue weighted by Crippen LogP contribution is -2.23. The van der Waals surface area contributed by atoms with E-state index in [2.05, 4.69) is 29.4 Å². The summed E-state index contributed by atoms with van der Waals surface area (Å²) in [6.45, 7) is 7.97. The first-order chi connectivity index (χ1) is 13.9. The number of aryl methyl sites for hydroxylation is 1. The maximum Gasteiger partial charge on any atom is 0.233 e. The topological polar surface area (TPSA) is 79.9 Å². The zero-order valence-corrected chi connectivity index (χ0v) is 17.7. The predicted octanol–water partition coefficient (Wildman–Crippen LogP) is 3.83. The monoisotopic (exact) mass is 399 g/mol. The van der Waals surface area contributed by atoms with Gasteiger partial charge in [-0.3, -0.25) is 9.59 Å². The van der Waals surface area contributed by atoms with E-state index in [-0.39, 0.29) is 12.3 Å². The van der Waals surface area contributed by atoms with Gasteiger partial charge in [-0.2, -0.15) is 0 Å². The number of ether oxygens (including phenoxy) is 2. The van der Waals surface area contributed by atoms with Crippen LogP contribution in [0.4, 0.5) is 17.1 Å². The number of nitrogens with one attached hydrogen (secondary N) is 2. The van der Waals surface area contributed by atoms with Gasteiger partial charge < -0.3 is 25.0 Å². The quantitative estimate of drug-likeness (QED) is 0.627. The lowest BCUT2D eigenvalue weighted by atomic mass is 10.1. The van der Waals surface area contributed by atoms with Crippen molar-refractivity contribution in [2.45, 2.75) is 27.2 Å². The van der Waals surface area contributed by atoms with Crippen molar-refractivity contribution >= 4 is 28.9 Å². The number of benzene rings is 2. The highest BCUT2D eigenvalue weighted by molar-refractivity contribution is 6.08. The van der Waals surface area contributed by atoms with Gasteiger partial charge in [0.1, 0.15) is 17.9 Å². The molecule has 0 unspecified atom stereocenters. The first kappa shape index (κ1) is 22.1. The third kappa shape index (κ3) is 5.88. The lowest BCUT2D eigenvalue weighted by Gasteiger charge is -2.22. The third-order valence-electron chi connectivity index (χ3n) is 4.62. The van der Waals surface area contributed by atoms with Gasteiger partial charge in [-0.25, -0.2) is 0 Å². The minimum Gasteiger partial charge on any atom is -0.497 e. The van der Waals surface area contributed by atoms with E-state index in [0.29, 0.717) is 22.9 Å². The molecule has 0 spiro atoms. The molecule has 0 aliphatic heterocycles. The molecular weight excluding hydrogens is 370 g/mol. The van der Waals surface area contributed by atoms with Crippen LogP contribution < -0.4 is 25.0 Å². The van der Waals surface area contributed by atoms with Gasteiger partial charge in [0.15, 0.2) is 0 Å². The van der Waals surface area contributed by atoms with Gasteiger partial charge in [0, 0.05) is 30.5 Å². The Morgan fingerprint density at radius 1 is 0.897 bits per heavy atom. The highest BCUT2D eigenvalue weighted by Crippen LogP contribution is 2.29. The van der Waals surface area contributed by atoms with Crippen molar-refractivity contribution in [1.82, 2.24) is 0 Å². The number of methoxy groups -OCH3 is 2. The molecule has 7 nitrogen and oxygen atoms in total. The summed E-state index contributed by atoms with van der Waals surface area (Å²) in [7, 11) is 3.05. The molecule has 2 rings (SSSR count). The van der Waals surface area contributed by atoms with E-state index in [4.69, 9.17) is 9.47 Å². The van der Waals surface area contributed by atoms with Gasteiger partial charge in [-0.05, 0) is 56.7 Å². The Balaban J connectivity index is 1.99. The number of amides is 2. The molecule has 0 aliphatic rings. The minimum atomic E-state index is -0.427. The smallest absolute Gasteiger partial charge is 0.233 e. The fourth-order valence-electron chi connectivity index (χ4n) is 3.01. The van der Waals surface area contributed by atoms with Gasteiger partial charge in [-0.1, -0.05) is 0 Å². The zero-order chi connectivity index (χ0) is 21.4. The highest BCUT2D eigenvalue weighted by atomic mass is 16.5. The number of hydrogen-bond acceptors (Lipinski definition) is 5. The average Bonchev–Trinajstić information content (AvgIpc) is 2.71. The Bertz CT molecular complexity index is 863. The average molecular weight is 399 g/mol. The molecule has 29 heavy (non-hydrogen) atoms. The summed E-state index contributed by atoms with van der Waals surface area (Å²) in [5.74, 6) is 0.263. The molecule has 0 atom stereocenters. The number of carbonyl (C=O) groups excluding carboxylic acids is 2. The second-order valence-electron chi connectivity index (χ2n) is 6.51. The van der Waals surface area contributed by atoms with Crippen LogP contribution in [0, 0.1) is 6.92 Å². The number of rotatable bonds is 9. The summed E-state index contributed by atoms with van der Waals surface area (Å²) in [4.78, 5) is 26.8. The first-order valence-corrected chi connectivity index (χ1v) is 9.59. The molecule has 2 aromatic rings. The van der Waals surface area contributed by atoms with Gasteiger partial charge in [-0.15, -0.1) is 0 Å². The molecule has 7 heteroatoms. The van der Waals surface area contributed by atoms with Crippen molar-refractivity contribution in [2.75, 3.05) is 42.8 Å². The van der Waals surface area contributed by atoms with Crippen LogP contribution in [0.2, 0.25) is 0 Å². The minimum absolute atomic E-state index is 0.299. The number of nitrogens with zero attached hydrogens (tertiary/aromatic N) is 1. The standard InChI is InChI=1S/C22H29N3O4/c1-6-25(7-2)16-8-10-18(15(3)12-16)23-21(26)14-22(27)24-19-11-9-17(28-4)13-20(19)29-5/h8-13H,6-7,14H2,1-5H3,(H,23,26)(H,24,27). The number of carbonyl (C=O) groups is 2. The maximum atomic E-state index is 12.3. The summed E-state index contributed by atoms with van der Waals surface area (Å²) in [6.07, 6.45) is -0.299. The van der Waals surface area contributed by atoms with E-state index in [1.54, 1.807) is 25.3 Å². The summed E-state index contributed by atoms with van der Waals surface area (Å²) in [5.41, 5.74) is 3.22. The maximum absolute atomic E-state index is 12.3. The third-order valence-corrected chi connectivity index (χ3v) is 4.62. The van der Waals surface area contributed by atoms with E-state index in [9.17, 15) is 9.59 Å². The molecule has 0 saturated carbocycles. The van der Waals surface area contributed by atoms with Crippen LogP contribution >= 0.6 is 0 Å². The van der Waals surface area contributed by atoms with Crippen LogP contribution in [0.1, 0.15) is 25.8 Å². The fraction of sp³-hybridized carbons (Fsp3) is 0.364. The molecule has 2 aromatic carbocycles. The predicted molar refractivity (Wildman–Crippen MR) is 116 cm³/mol. The second kappa shape index (κ2) is 10.4. The van der Waals surface area contributed by atoms with Crippen LogP contribution in [-0.4, -0.2) is 39.1 Å². The Morgan fingerprint density at radius 3 is 2.07 bits per heavy atom. The SMILES string of the molecule is CCN(CC)c1ccc(NC(=O)CC(=O)Nc2ccc(OC)cc2OC)c(C)c1. The van der Waals surface area contributed by atoms with Crippen molar-refractivity contribution in [3.63, 3.8) is 0 Å². The summed E-state index contributed by atoms with van der Waals surface area (Å²) in [5, 5.41) is 5.50. The van der Waals surface area contributed by atoms with Crippen LogP contribution in [-0.2, 0) is 9.59 Å². The molecule has 0 fully saturated rings. The lowest BCUT2D eigenvalue weighted by molar-refractivity contribution is -0.123. The van der Waals surface area contributed by atoms with Crippen molar-refractivity contribution in [3.05, 3.63) is 42.0 Å². The van der Waals surface area contributed by atoms with Gasteiger partial charge in [0.25, 0.3) is 0 Å². The van der Waals surface area contributed by atoms with E-state index in [1.165, 1.54) is 7.11 Å². The molecule has 0 aliphatic carbocycles. The van der Waals surface area contributed by atoms with Crippen LogP contribution in [0.3, 0.4) is 0 Å². The largest absolute Gasteiger partial charge is 0.497 e. The van der Waals surface area contributed by atoms with Crippen molar-refractivity contribution in [1.29, 1.82) is 0 Å². The molecular formula is C22H29N3O4. The molecule has 2 amide bonds. The molecule has 0 radical (unpaired) electrons. The van der Waals surface area contributed by atoms with Crippen LogP contribution in [0.25, 0.3) is 0 Å². The van der Waals surface area contributed by atoms with Crippen LogP contribution in [0.15, 0.2) is 36.4 Å². The first-order valence-electron chi connectivity index (χ1n) is 9.59. The molecule has 0 saturated heterocycles. The Labute approximate surface area is 172 Å². The van der Waals surface area contributed by atoms with Crippen LogP contribution in [0.5, 0.6) is 11.5 Å². The van der Waals surface area contributed by atoms with E-state index in [0.717, 1.165) is 24.3 Å². The molecule has 0 bridgehead atoms. The summed E-state index contributed by atoms with van der Waals surface area (Å²) < 4.78 is 10.4. The Morgan fingerprint density at radius 2 is 1.52 bits per heavy atom. The van der Waals surface area contributed by atoms with Crippen molar-refractivity contribution in [2.24, 2.45) is 0 Å². The molecule has 0 heterocycles. The Hall–Kier alpha value is -3.22. The van der Waals surface area contributed by atoms with E-state index >= 15 is 0 Å². The summed E-state index contributed by atoms with van der Waals surface area (Å²) >= 11 is 0.